The predicted octanol–water partition coefficient (Wildman–Crippen LogP) is 3.99. The molecular formula is C40H52Cl2Zr. The Labute approximate surface area is 282 Å². The Balaban J connectivity index is 0.00000184. The number of hydrogen-bond donors (Lipinski definition) is 0. The average molecular weight is 695 g/mol. The molecule has 6 aliphatic rings. The average Bonchev–Trinajstić information content (AvgIpc) is 3.43. The van der Waals surface area contributed by atoms with Gasteiger partial charge in [0, 0.05) is 0 Å². The number of halogens is 2. The molecule has 0 aromatic heterocycles. The summed E-state index contributed by atoms with van der Waals surface area (Å²) in [6.45, 7) is 21.8. The maximum absolute atomic E-state index is 2.83. The number of benzene rings is 2. The summed E-state index contributed by atoms with van der Waals surface area (Å²) >= 11 is -2.30. The van der Waals surface area contributed by atoms with E-state index in [1.165, 1.54) is 60.8 Å². The Bertz CT molecular complexity index is 1500. The summed E-state index contributed by atoms with van der Waals surface area (Å²) in [6, 6.07) is 12.7. The maximum atomic E-state index is 2.83. The molecule has 4 bridgehead atoms. The minimum atomic E-state index is -2.30. The van der Waals surface area contributed by atoms with E-state index in [9.17, 15) is 0 Å². The topological polar surface area (TPSA) is 0 Å². The molecule has 4 saturated carbocycles. The maximum Gasteiger partial charge on any atom is -1.00 e. The van der Waals surface area contributed by atoms with Gasteiger partial charge in [-0.25, -0.2) is 0 Å². The number of allylic oxidation sites excluding steroid dienone is 4. The number of hydrogen-bond acceptors (Lipinski definition) is 0. The van der Waals surface area contributed by atoms with Crippen LogP contribution in [-0.4, -0.2) is 3.21 Å². The summed E-state index contributed by atoms with van der Waals surface area (Å²) in [6.07, 6.45) is 15.8. The van der Waals surface area contributed by atoms with Crippen LogP contribution in [0.5, 0.6) is 0 Å². The van der Waals surface area contributed by atoms with Crippen LogP contribution in [0.25, 0.3) is 11.1 Å². The van der Waals surface area contributed by atoms with Gasteiger partial charge in [0.25, 0.3) is 0 Å². The summed E-state index contributed by atoms with van der Waals surface area (Å²) in [7, 11) is 0. The van der Waals surface area contributed by atoms with Crippen LogP contribution in [0.1, 0.15) is 123 Å². The Hall–Kier alpha value is -0.747. The second-order valence-corrected chi connectivity index (χ2v) is 24.2. The van der Waals surface area contributed by atoms with Gasteiger partial charge < -0.3 is 24.8 Å². The van der Waals surface area contributed by atoms with Crippen LogP contribution in [0.15, 0.2) is 51.3 Å². The van der Waals surface area contributed by atoms with E-state index >= 15 is 0 Å². The molecule has 0 amide bonds. The van der Waals surface area contributed by atoms with E-state index in [4.69, 9.17) is 0 Å². The molecule has 0 saturated heterocycles. The third kappa shape index (κ3) is 5.74. The second-order valence-electron chi connectivity index (χ2n) is 17.2. The van der Waals surface area contributed by atoms with Crippen LogP contribution in [-0.2, 0) is 38.5 Å². The predicted molar refractivity (Wildman–Crippen MR) is 174 cm³/mol. The van der Waals surface area contributed by atoms with Crippen LogP contribution in [0.4, 0.5) is 0 Å². The van der Waals surface area contributed by atoms with Crippen LogP contribution < -0.4 is 28.1 Å². The van der Waals surface area contributed by atoms with Gasteiger partial charge in [0.2, 0.25) is 0 Å². The van der Waals surface area contributed by atoms with Gasteiger partial charge in [0.05, 0.1) is 0 Å². The van der Waals surface area contributed by atoms with Crippen molar-refractivity contribution in [3.63, 3.8) is 0 Å². The first-order valence-electron chi connectivity index (χ1n) is 16.7. The van der Waals surface area contributed by atoms with Crippen LogP contribution in [0, 0.1) is 29.1 Å². The molecule has 230 valence electrons. The summed E-state index contributed by atoms with van der Waals surface area (Å²) in [5.41, 5.74) is 11.9. The van der Waals surface area contributed by atoms with Gasteiger partial charge in [-0.2, -0.15) is 0 Å². The normalized spacial score (nSPS) is 28.2. The molecule has 0 nitrogen and oxygen atoms in total. The second kappa shape index (κ2) is 11.5. The van der Waals surface area contributed by atoms with Crippen molar-refractivity contribution in [3.8, 4) is 11.1 Å². The molecule has 1 atom stereocenters. The fraction of sp³-hybridized carbons (Fsp3) is 0.575. The smallest absolute Gasteiger partial charge is 1.00 e. The fourth-order valence-electron chi connectivity index (χ4n) is 9.91. The van der Waals surface area contributed by atoms with Crippen molar-refractivity contribution >= 4 is 6.48 Å². The first-order chi connectivity index (χ1) is 19.2. The van der Waals surface area contributed by atoms with Crippen molar-refractivity contribution in [3.05, 3.63) is 73.6 Å². The van der Waals surface area contributed by atoms with Crippen LogP contribution in [0.2, 0.25) is 0 Å². The Kier molecular flexibility index (Phi) is 8.99. The zero-order chi connectivity index (χ0) is 29.1. The van der Waals surface area contributed by atoms with E-state index in [0.29, 0.717) is 11.3 Å². The molecule has 43 heavy (non-hydrogen) atoms. The molecule has 6 aliphatic carbocycles. The van der Waals surface area contributed by atoms with Gasteiger partial charge in [-0.3, -0.25) is 0 Å². The molecule has 0 aliphatic heterocycles. The Morgan fingerprint density at radius 2 is 1.33 bits per heavy atom. The fourth-order valence-corrected chi connectivity index (χ4v) is 17.5. The molecule has 4 fully saturated rings. The minimum absolute atomic E-state index is 0. The Morgan fingerprint density at radius 3 is 1.86 bits per heavy atom. The standard InChI is InChI=1S/C21H25.C16H21.C3H6.2ClH.Zr/c1-20(2,3)16-9-7-14-11-15-8-10-17(21(4,5)6)13-19(15)18(14)12-16;1-11-2-3-15(4-11)16-8-12-5-13(9-16)7-14(6-12)10-16;1-3-2;;;/h7,9-10,12-13H,11H2,1-6H3;3-4,11-14H,5-10H2,1H3;1-2H3;2*1H;/q;;;;;+2/p-2. The monoisotopic (exact) mass is 692 g/mol. The molecule has 1 unspecified atom stereocenters. The van der Waals surface area contributed by atoms with E-state index in [0.717, 1.165) is 24.2 Å². The molecule has 0 heterocycles. The van der Waals surface area contributed by atoms with Gasteiger partial charge in [-0.05, 0) is 0 Å². The van der Waals surface area contributed by atoms with Crippen LogP contribution in [0.3, 0.4) is 0 Å². The molecule has 3 heteroatoms. The zero-order valence-corrected chi connectivity index (χ0v) is 32.0. The largest absolute Gasteiger partial charge is 1.00 e. The Morgan fingerprint density at radius 1 is 0.767 bits per heavy atom. The van der Waals surface area contributed by atoms with Crippen molar-refractivity contribution in [2.24, 2.45) is 29.1 Å². The molecule has 2 aromatic carbocycles. The van der Waals surface area contributed by atoms with Gasteiger partial charge in [0.15, 0.2) is 0 Å². The summed E-state index contributed by atoms with van der Waals surface area (Å²) in [5.74, 6) is 3.63. The third-order valence-electron chi connectivity index (χ3n) is 11.7. The molecule has 8 rings (SSSR count). The zero-order valence-electron chi connectivity index (χ0n) is 28.1. The molecular weight excluding hydrogens is 643 g/mol. The molecule has 0 spiro atoms. The van der Waals surface area contributed by atoms with Gasteiger partial charge in [0.1, 0.15) is 0 Å². The minimum Gasteiger partial charge on any atom is -1.00 e. The molecule has 0 N–H and O–H groups in total. The van der Waals surface area contributed by atoms with Crippen molar-refractivity contribution in [1.29, 1.82) is 0 Å². The van der Waals surface area contributed by atoms with E-state index in [2.05, 4.69) is 105 Å². The van der Waals surface area contributed by atoms with E-state index in [1.807, 2.05) is 3.28 Å². The van der Waals surface area contributed by atoms with Crippen molar-refractivity contribution in [2.45, 2.75) is 118 Å². The number of fused-ring (bicyclic) bond motifs is 3. The summed E-state index contributed by atoms with van der Waals surface area (Å²) < 4.78 is 5.38. The molecule has 2 aromatic rings. The van der Waals surface area contributed by atoms with Gasteiger partial charge >= 0.3 is 260 Å². The van der Waals surface area contributed by atoms with Crippen molar-refractivity contribution in [2.75, 3.05) is 0 Å². The van der Waals surface area contributed by atoms with Gasteiger partial charge in [-0.15, -0.1) is 0 Å². The number of rotatable bonds is 3. The summed E-state index contributed by atoms with van der Waals surface area (Å²) in [5, 5.41) is 0. The van der Waals surface area contributed by atoms with E-state index < -0.39 is 21.3 Å². The van der Waals surface area contributed by atoms with Crippen LogP contribution >= 0.6 is 0 Å². The quantitative estimate of drug-likeness (QED) is 0.390. The molecule has 0 radical (unpaired) electrons. The van der Waals surface area contributed by atoms with Crippen molar-refractivity contribution in [1.82, 2.24) is 0 Å². The first kappa shape index (κ1) is 33.6. The summed E-state index contributed by atoms with van der Waals surface area (Å²) in [4.78, 5) is 0. The van der Waals surface area contributed by atoms with E-state index in [1.54, 1.807) is 23.2 Å². The van der Waals surface area contributed by atoms with Crippen molar-refractivity contribution < 1.29 is 46.1 Å². The first-order valence-corrected chi connectivity index (χ1v) is 20.3. The SMILES string of the molecule is C[C](C)=[Zr+2]([C]1=CC(C23CC4CC(CC(C4)C2)C3)=CC1C)[c]1cc(C(C)(C)C)cc2c1Cc1ccc(C(C)(C)C)cc1-2.[Cl-].[Cl-]. The van der Waals surface area contributed by atoms with Gasteiger partial charge in [-0.1, -0.05) is 0 Å². The third-order valence-corrected chi connectivity index (χ3v) is 19.5. The van der Waals surface area contributed by atoms with E-state index in [-0.39, 0.29) is 35.6 Å².